The van der Waals surface area contributed by atoms with Crippen LogP contribution < -0.4 is 15.9 Å². The molecule has 148 valence electrons. The van der Waals surface area contributed by atoms with Gasteiger partial charge >= 0.3 is 11.9 Å². The molecule has 3 aromatic carbocycles. The first-order valence-corrected chi connectivity index (χ1v) is 11.1. The van der Waals surface area contributed by atoms with E-state index in [2.05, 4.69) is 0 Å². The molecule has 0 amide bonds. The smallest absolute Gasteiger partial charge is 0.335 e. The molecule has 0 fully saturated rings. The lowest BCUT2D eigenvalue weighted by Gasteiger charge is -2.33. The number of benzene rings is 3. The SMILES string of the molecule is COC(=O)C(C(C)C(=O)O)=P(c1ccccc1)(c1ccccc1)c1ccccc1. The molecule has 0 aliphatic rings. The molecule has 0 heterocycles. The number of aliphatic carboxylic acids is 1. The van der Waals surface area contributed by atoms with E-state index in [9.17, 15) is 14.7 Å². The molecule has 0 aliphatic heterocycles. The van der Waals surface area contributed by atoms with Gasteiger partial charge in [-0.3, -0.25) is 4.79 Å². The molecule has 0 saturated heterocycles. The van der Waals surface area contributed by atoms with Gasteiger partial charge in [-0.1, -0.05) is 91.0 Å². The summed E-state index contributed by atoms with van der Waals surface area (Å²) in [5.41, 5.74) is 0. The fraction of sp³-hybridized carbons (Fsp3) is 0.125. The standard InChI is InChI=1S/C24H23O4P/c1-18(23(25)26)22(24(27)28-2)29(19-12-6-3-7-13-19,20-14-8-4-9-15-20)21-16-10-5-11-17-21/h3-18H,1-2H3,(H,25,26). The van der Waals surface area contributed by atoms with Gasteiger partial charge in [0, 0.05) is 0 Å². The summed E-state index contributed by atoms with van der Waals surface area (Å²) in [6.07, 6.45) is 0. The molecule has 1 atom stereocenters. The zero-order valence-corrected chi connectivity index (χ0v) is 17.3. The molecule has 3 rings (SSSR count). The van der Waals surface area contributed by atoms with Crippen molar-refractivity contribution in [2.45, 2.75) is 6.92 Å². The van der Waals surface area contributed by atoms with Gasteiger partial charge in [0.25, 0.3) is 0 Å². The lowest BCUT2D eigenvalue weighted by Crippen LogP contribution is -2.39. The van der Waals surface area contributed by atoms with E-state index in [1.165, 1.54) is 7.11 Å². The maximum absolute atomic E-state index is 13.1. The van der Waals surface area contributed by atoms with Gasteiger partial charge < -0.3 is 9.84 Å². The third-order valence-corrected chi connectivity index (χ3v) is 9.48. The molecule has 0 radical (unpaired) electrons. The number of carbonyl (C=O) groups is 2. The molecule has 0 aromatic heterocycles. The highest BCUT2D eigenvalue weighted by Crippen LogP contribution is 2.48. The average Bonchev–Trinajstić information content (AvgIpc) is 2.78. The molecule has 0 saturated carbocycles. The van der Waals surface area contributed by atoms with Crippen LogP contribution in [0, 0.1) is 5.92 Å². The van der Waals surface area contributed by atoms with Gasteiger partial charge in [0.15, 0.2) is 0 Å². The van der Waals surface area contributed by atoms with Gasteiger partial charge in [-0.25, -0.2) is 4.79 Å². The number of carboxylic acids is 1. The highest BCUT2D eigenvalue weighted by Gasteiger charge is 2.38. The van der Waals surface area contributed by atoms with Crippen molar-refractivity contribution in [3.8, 4) is 0 Å². The Bertz CT molecular complexity index is 941. The molecule has 4 nitrogen and oxygen atoms in total. The number of rotatable bonds is 6. The Kier molecular flexibility index (Phi) is 6.36. The van der Waals surface area contributed by atoms with Crippen molar-refractivity contribution in [3.63, 3.8) is 0 Å². The van der Waals surface area contributed by atoms with E-state index in [0.717, 1.165) is 15.9 Å². The van der Waals surface area contributed by atoms with E-state index in [-0.39, 0.29) is 5.29 Å². The van der Waals surface area contributed by atoms with Crippen LogP contribution in [0.15, 0.2) is 91.0 Å². The molecule has 5 heteroatoms. The van der Waals surface area contributed by atoms with Crippen molar-refractivity contribution in [1.29, 1.82) is 0 Å². The largest absolute Gasteiger partial charge is 0.481 e. The Morgan fingerprint density at radius 1 is 0.759 bits per heavy atom. The molecule has 29 heavy (non-hydrogen) atoms. The van der Waals surface area contributed by atoms with E-state index in [1.807, 2.05) is 91.0 Å². The first-order chi connectivity index (χ1) is 14.0. The highest BCUT2D eigenvalue weighted by atomic mass is 31.2. The number of esters is 1. The number of hydrogen-bond donors (Lipinski definition) is 1. The Hall–Kier alpha value is -3.10. The van der Waals surface area contributed by atoms with Crippen molar-refractivity contribution >= 4 is 40.0 Å². The number of methoxy groups -OCH3 is 1. The zero-order chi connectivity index (χ0) is 20.9. The third-order valence-electron chi connectivity index (χ3n) is 4.97. The van der Waals surface area contributed by atoms with Crippen LogP contribution in [0.4, 0.5) is 0 Å². The highest BCUT2D eigenvalue weighted by molar-refractivity contribution is 7.96. The second-order valence-corrected chi connectivity index (χ2v) is 9.99. The van der Waals surface area contributed by atoms with Crippen molar-refractivity contribution < 1.29 is 19.4 Å². The molecular weight excluding hydrogens is 383 g/mol. The Balaban J connectivity index is 2.65. The molecule has 0 aliphatic carbocycles. The van der Waals surface area contributed by atoms with Gasteiger partial charge in [-0.05, 0) is 29.7 Å². The van der Waals surface area contributed by atoms with Gasteiger partial charge in [0.2, 0.25) is 0 Å². The second-order valence-electron chi connectivity index (χ2n) is 6.61. The van der Waals surface area contributed by atoms with E-state index in [0.29, 0.717) is 0 Å². The van der Waals surface area contributed by atoms with Crippen LogP contribution in [0.5, 0.6) is 0 Å². The summed E-state index contributed by atoms with van der Waals surface area (Å²) >= 11 is 0. The summed E-state index contributed by atoms with van der Waals surface area (Å²) in [6.45, 7) is -1.23. The van der Waals surface area contributed by atoms with Crippen molar-refractivity contribution in [3.05, 3.63) is 91.0 Å². The van der Waals surface area contributed by atoms with Crippen molar-refractivity contribution in [2.75, 3.05) is 7.11 Å². The quantitative estimate of drug-likeness (QED) is 0.505. The maximum atomic E-state index is 13.1. The van der Waals surface area contributed by atoms with Crippen LogP contribution in [0.3, 0.4) is 0 Å². The van der Waals surface area contributed by atoms with Crippen LogP contribution >= 0.6 is 6.89 Å². The van der Waals surface area contributed by atoms with Crippen LogP contribution in [0.25, 0.3) is 0 Å². The molecule has 0 bridgehead atoms. The van der Waals surface area contributed by atoms with Gasteiger partial charge in [0.05, 0.1) is 18.3 Å². The Morgan fingerprint density at radius 2 is 1.10 bits per heavy atom. The summed E-state index contributed by atoms with van der Waals surface area (Å²) in [6, 6.07) is 29.0. The van der Waals surface area contributed by atoms with E-state index in [1.54, 1.807) is 6.92 Å². The zero-order valence-electron chi connectivity index (χ0n) is 16.4. The molecule has 3 aromatic rings. The number of carboxylic acid groups (broad SMARTS) is 1. The van der Waals surface area contributed by atoms with E-state index >= 15 is 0 Å². The Labute approximate surface area is 170 Å². The topological polar surface area (TPSA) is 63.6 Å². The first kappa shape index (κ1) is 20.6. The van der Waals surface area contributed by atoms with Gasteiger partial charge in [-0.15, -0.1) is 0 Å². The van der Waals surface area contributed by atoms with Crippen molar-refractivity contribution in [2.24, 2.45) is 5.92 Å². The molecule has 1 unspecified atom stereocenters. The monoisotopic (exact) mass is 406 g/mol. The minimum Gasteiger partial charge on any atom is -0.481 e. The van der Waals surface area contributed by atoms with E-state index in [4.69, 9.17) is 4.74 Å². The normalized spacial score (nSPS) is 12.1. The van der Waals surface area contributed by atoms with Crippen LogP contribution in [-0.2, 0) is 14.3 Å². The summed E-state index contributed by atoms with van der Waals surface area (Å²) in [7, 11) is 1.30. The van der Waals surface area contributed by atoms with Gasteiger partial charge in [0.1, 0.15) is 0 Å². The predicted octanol–water partition coefficient (Wildman–Crippen LogP) is 3.05. The first-order valence-electron chi connectivity index (χ1n) is 9.28. The minimum atomic E-state index is -2.78. The molecule has 0 spiro atoms. The fourth-order valence-electron chi connectivity index (χ4n) is 3.64. The third kappa shape index (κ3) is 3.76. The molecular formula is C24H23O4P. The van der Waals surface area contributed by atoms with Crippen LogP contribution in [0.1, 0.15) is 6.92 Å². The lowest BCUT2D eigenvalue weighted by molar-refractivity contribution is -0.140. The van der Waals surface area contributed by atoms with Crippen LogP contribution in [-0.4, -0.2) is 29.4 Å². The summed E-state index contributed by atoms with van der Waals surface area (Å²) in [4.78, 5) is 25.2. The summed E-state index contributed by atoms with van der Waals surface area (Å²) in [5.74, 6) is -2.67. The van der Waals surface area contributed by atoms with E-state index < -0.39 is 24.7 Å². The summed E-state index contributed by atoms with van der Waals surface area (Å²) in [5, 5.41) is 12.9. The summed E-state index contributed by atoms with van der Waals surface area (Å²) < 4.78 is 5.14. The minimum absolute atomic E-state index is 0.274. The number of carbonyl (C=O) groups excluding carboxylic acids is 1. The Morgan fingerprint density at radius 3 is 1.38 bits per heavy atom. The second kappa shape index (κ2) is 8.93. The number of ether oxygens (including phenoxy) is 1. The maximum Gasteiger partial charge on any atom is 0.335 e. The average molecular weight is 406 g/mol. The molecule has 1 N–H and O–H groups in total. The lowest BCUT2D eigenvalue weighted by atomic mass is 10.1. The fourth-order valence-corrected chi connectivity index (χ4v) is 8.29. The predicted molar refractivity (Wildman–Crippen MR) is 119 cm³/mol. The number of hydrogen-bond acceptors (Lipinski definition) is 3. The van der Waals surface area contributed by atoms with Crippen molar-refractivity contribution in [1.82, 2.24) is 0 Å². The van der Waals surface area contributed by atoms with Crippen LogP contribution in [0.2, 0.25) is 0 Å². The van der Waals surface area contributed by atoms with Gasteiger partial charge in [-0.2, -0.15) is 0 Å².